The molecule has 0 N–H and O–H groups in total. The predicted octanol–water partition coefficient (Wildman–Crippen LogP) is 3.65. The number of anilines is 1. The Morgan fingerprint density at radius 1 is 0.926 bits per heavy atom. The molecular formula is C20H21N3O4. The third kappa shape index (κ3) is 4.13. The first kappa shape index (κ1) is 18.6. The molecule has 0 unspecified atom stereocenters. The molecule has 7 nitrogen and oxygen atoms in total. The quantitative estimate of drug-likeness (QED) is 0.292. The van der Waals surface area contributed by atoms with Crippen molar-refractivity contribution in [3.63, 3.8) is 0 Å². The van der Waals surface area contributed by atoms with E-state index in [0.717, 1.165) is 25.0 Å². The molecule has 2 aromatic rings. The zero-order valence-corrected chi connectivity index (χ0v) is 15.1. The minimum Gasteiger partial charge on any atom is -0.494 e. The van der Waals surface area contributed by atoms with Crippen LogP contribution in [0.3, 0.4) is 0 Å². The van der Waals surface area contributed by atoms with E-state index >= 15 is 0 Å². The van der Waals surface area contributed by atoms with Gasteiger partial charge in [0, 0.05) is 13.6 Å². The van der Waals surface area contributed by atoms with Crippen molar-refractivity contribution in [2.75, 3.05) is 25.2 Å². The van der Waals surface area contributed by atoms with Crippen molar-refractivity contribution < 1.29 is 14.3 Å². The van der Waals surface area contributed by atoms with E-state index in [1.165, 1.54) is 9.91 Å². The zero-order chi connectivity index (χ0) is 19.2. The van der Waals surface area contributed by atoms with Gasteiger partial charge in [0.1, 0.15) is 5.75 Å². The molecule has 27 heavy (non-hydrogen) atoms. The monoisotopic (exact) mass is 367 g/mol. The lowest BCUT2D eigenvalue weighted by Crippen LogP contribution is -2.30. The molecule has 140 valence electrons. The number of benzene rings is 2. The molecular weight excluding hydrogens is 346 g/mol. The van der Waals surface area contributed by atoms with Crippen molar-refractivity contribution >= 4 is 17.5 Å². The smallest absolute Gasteiger partial charge is 0.261 e. The van der Waals surface area contributed by atoms with E-state index in [2.05, 4.69) is 5.29 Å². The largest absolute Gasteiger partial charge is 0.494 e. The second-order valence-electron chi connectivity index (χ2n) is 6.32. The second-order valence-corrected chi connectivity index (χ2v) is 6.32. The Morgan fingerprint density at radius 3 is 2.15 bits per heavy atom. The Hall–Kier alpha value is -3.22. The normalized spacial score (nSPS) is 12.9. The van der Waals surface area contributed by atoms with Gasteiger partial charge in [-0.25, -0.2) is 5.01 Å². The van der Waals surface area contributed by atoms with Crippen molar-refractivity contribution in [3.8, 4) is 5.75 Å². The number of hydrogen-bond acceptors (Lipinski definition) is 5. The van der Waals surface area contributed by atoms with Crippen LogP contribution in [0.15, 0.2) is 53.8 Å². The number of ether oxygens (including phenoxy) is 1. The lowest BCUT2D eigenvalue weighted by molar-refractivity contribution is 0.0651. The van der Waals surface area contributed by atoms with Crippen LogP contribution < -0.4 is 9.75 Å². The molecule has 0 radical (unpaired) electrons. The molecule has 0 atom stereocenters. The fourth-order valence-electron chi connectivity index (χ4n) is 2.99. The van der Waals surface area contributed by atoms with E-state index in [4.69, 9.17) is 4.74 Å². The number of nitroso groups, excluding NO2 is 1. The van der Waals surface area contributed by atoms with Gasteiger partial charge in [-0.05, 0) is 55.7 Å². The molecule has 2 aromatic carbocycles. The molecule has 0 spiro atoms. The number of nitrogens with zero attached hydrogens (tertiary/aromatic N) is 3. The lowest BCUT2D eigenvalue weighted by Gasteiger charge is -2.13. The zero-order valence-electron chi connectivity index (χ0n) is 15.1. The Bertz CT molecular complexity index is 800. The second kappa shape index (κ2) is 8.44. The summed E-state index contributed by atoms with van der Waals surface area (Å²) < 4.78 is 5.66. The van der Waals surface area contributed by atoms with Crippen LogP contribution in [0.2, 0.25) is 0 Å². The third-order valence-electron chi connectivity index (χ3n) is 4.51. The van der Waals surface area contributed by atoms with Crippen molar-refractivity contribution in [1.29, 1.82) is 0 Å². The molecule has 1 heterocycles. The van der Waals surface area contributed by atoms with Gasteiger partial charge in [-0.2, -0.15) is 0 Å². The highest BCUT2D eigenvalue weighted by Gasteiger charge is 2.34. The summed E-state index contributed by atoms with van der Waals surface area (Å²) >= 11 is 0. The van der Waals surface area contributed by atoms with Crippen LogP contribution in [0.25, 0.3) is 0 Å². The maximum Gasteiger partial charge on any atom is 0.261 e. The molecule has 0 saturated carbocycles. The number of carbonyl (C=O) groups excluding carboxylic acids is 2. The summed E-state index contributed by atoms with van der Waals surface area (Å²) in [6, 6.07) is 14.0. The molecule has 1 aliphatic rings. The number of unbranched alkanes of at least 4 members (excludes halogenated alkanes) is 2. The van der Waals surface area contributed by atoms with Crippen molar-refractivity contribution in [2.45, 2.75) is 19.3 Å². The summed E-state index contributed by atoms with van der Waals surface area (Å²) in [6.45, 7) is 0.968. The average Bonchev–Trinajstić information content (AvgIpc) is 2.95. The standard InChI is InChI=1S/C20H21N3O4/c1-22(21-26)15-9-11-16(12-10-15)27-14-6-2-5-13-23-19(24)17-7-3-4-8-18(17)20(23)25/h3-4,7-12H,2,5-6,13-14H2,1H3. The number of imide groups is 1. The van der Waals surface area contributed by atoms with E-state index in [1.54, 1.807) is 55.6 Å². The highest BCUT2D eigenvalue weighted by Crippen LogP contribution is 2.23. The lowest BCUT2D eigenvalue weighted by atomic mass is 10.1. The first-order valence-corrected chi connectivity index (χ1v) is 8.87. The van der Waals surface area contributed by atoms with Gasteiger partial charge < -0.3 is 4.74 Å². The molecule has 0 aromatic heterocycles. The van der Waals surface area contributed by atoms with Gasteiger partial charge in [-0.15, -0.1) is 4.91 Å². The van der Waals surface area contributed by atoms with Crippen LogP contribution in [0.4, 0.5) is 5.69 Å². The van der Waals surface area contributed by atoms with Crippen LogP contribution in [0, 0.1) is 4.91 Å². The molecule has 0 saturated heterocycles. The Kier molecular flexibility index (Phi) is 5.80. The van der Waals surface area contributed by atoms with Crippen LogP contribution in [-0.2, 0) is 0 Å². The van der Waals surface area contributed by atoms with E-state index in [1.807, 2.05) is 0 Å². The molecule has 0 aliphatic carbocycles. The predicted molar refractivity (Wildman–Crippen MR) is 102 cm³/mol. The van der Waals surface area contributed by atoms with E-state index in [9.17, 15) is 14.5 Å². The van der Waals surface area contributed by atoms with Gasteiger partial charge in [-0.1, -0.05) is 12.1 Å². The summed E-state index contributed by atoms with van der Waals surface area (Å²) in [5.74, 6) is 0.307. The minimum absolute atomic E-state index is 0.207. The molecule has 1 aliphatic heterocycles. The molecule has 0 fully saturated rings. The number of amides is 2. The highest BCUT2D eigenvalue weighted by molar-refractivity contribution is 6.21. The van der Waals surface area contributed by atoms with E-state index < -0.39 is 0 Å². The molecule has 2 amide bonds. The van der Waals surface area contributed by atoms with Gasteiger partial charge in [0.25, 0.3) is 11.8 Å². The van der Waals surface area contributed by atoms with E-state index in [-0.39, 0.29) is 11.8 Å². The number of carbonyl (C=O) groups is 2. The topological polar surface area (TPSA) is 79.3 Å². The molecule has 0 bridgehead atoms. The Morgan fingerprint density at radius 2 is 1.56 bits per heavy atom. The van der Waals surface area contributed by atoms with Crippen LogP contribution in [-0.4, -0.2) is 36.9 Å². The maximum absolute atomic E-state index is 12.3. The van der Waals surface area contributed by atoms with Crippen molar-refractivity contribution in [3.05, 3.63) is 64.6 Å². The van der Waals surface area contributed by atoms with E-state index in [0.29, 0.717) is 30.0 Å². The van der Waals surface area contributed by atoms with Gasteiger partial charge in [0.05, 0.1) is 28.7 Å². The fraction of sp³-hybridized carbons (Fsp3) is 0.300. The van der Waals surface area contributed by atoms with Crippen molar-refractivity contribution in [2.24, 2.45) is 5.29 Å². The summed E-state index contributed by atoms with van der Waals surface area (Å²) in [7, 11) is 1.58. The summed E-state index contributed by atoms with van der Waals surface area (Å²) in [5.41, 5.74) is 1.67. The van der Waals surface area contributed by atoms with Crippen LogP contribution in [0.5, 0.6) is 5.75 Å². The number of fused-ring (bicyclic) bond motifs is 1. The van der Waals surface area contributed by atoms with Crippen LogP contribution >= 0.6 is 0 Å². The summed E-state index contributed by atoms with van der Waals surface area (Å²) in [4.78, 5) is 36.3. The first-order valence-electron chi connectivity index (χ1n) is 8.87. The first-order chi connectivity index (χ1) is 13.1. The van der Waals surface area contributed by atoms with Crippen molar-refractivity contribution in [1.82, 2.24) is 4.90 Å². The Labute approximate surface area is 157 Å². The minimum atomic E-state index is -0.207. The van der Waals surface area contributed by atoms with Gasteiger partial charge in [-0.3, -0.25) is 14.5 Å². The molecule has 3 rings (SSSR count). The maximum atomic E-state index is 12.3. The SMILES string of the molecule is CN(N=O)c1ccc(OCCCCCN2C(=O)c3ccccc3C2=O)cc1. The average molecular weight is 367 g/mol. The molecule has 7 heteroatoms. The number of hydrogen-bond donors (Lipinski definition) is 0. The summed E-state index contributed by atoms with van der Waals surface area (Å²) in [6.07, 6.45) is 2.41. The Balaban J connectivity index is 1.37. The summed E-state index contributed by atoms with van der Waals surface area (Å²) in [5, 5.41) is 4.07. The van der Waals surface area contributed by atoms with Gasteiger partial charge >= 0.3 is 0 Å². The fourth-order valence-corrected chi connectivity index (χ4v) is 2.99. The van der Waals surface area contributed by atoms with Gasteiger partial charge in [0.2, 0.25) is 0 Å². The van der Waals surface area contributed by atoms with Crippen LogP contribution in [0.1, 0.15) is 40.0 Å². The highest BCUT2D eigenvalue weighted by atomic mass is 16.5. The third-order valence-corrected chi connectivity index (χ3v) is 4.51. The van der Waals surface area contributed by atoms with Gasteiger partial charge in [0.15, 0.2) is 0 Å². The number of rotatable bonds is 9.